The number of thiophene rings is 1. The standard InChI is InChI=1S/C21H30N2O3S/c1-2-26-21-6-5-17(12-18(21)16-25)13-22-8-9-23(19(14-22)7-10-24)15-20-4-3-11-27-20/h3-6,11-12,19,24-25H,2,7-10,13-16H2,1H3/t19-/m1/s1. The summed E-state index contributed by atoms with van der Waals surface area (Å²) in [6.07, 6.45) is 0.799. The van der Waals surface area contributed by atoms with Crippen LogP contribution in [0.4, 0.5) is 0 Å². The number of aliphatic hydroxyl groups is 2. The highest BCUT2D eigenvalue weighted by Crippen LogP contribution is 2.23. The van der Waals surface area contributed by atoms with E-state index >= 15 is 0 Å². The van der Waals surface area contributed by atoms with E-state index in [1.165, 1.54) is 10.4 Å². The second-order valence-corrected chi connectivity index (χ2v) is 8.02. The van der Waals surface area contributed by atoms with Crippen LogP contribution in [-0.4, -0.2) is 58.9 Å². The van der Waals surface area contributed by atoms with E-state index in [0.29, 0.717) is 12.6 Å². The number of aliphatic hydroxyl groups excluding tert-OH is 2. The second-order valence-electron chi connectivity index (χ2n) is 6.98. The first kappa shape index (κ1) is 20.3. The van der Waals surface area contributed by atoms with Crippen molar-refractivity contribution in [2.75, 3.05) is 32.8 Å². The zero-order valence-electron chi connectivity index (χ0n) is 16.0. The van der Waals surface area contributed by atoms with Crippen molar-refractivity contribution in [3.63, 3.8) is 0 Å². The molecule has 1 atom stereocenters. The van der Waals surface area contributed by atoms with Crippen LogP contribution in [0.25, 0.3) is 0 Å². The Labute approximate surface area is 165 Å². The maximum absolute atomic E-state index is 9.62. The van der Waals surface area contributed by atoms with Gasteiger partial charge in [0.25, 0.3) is 0 Å². The van der Waals surface area contributed by atoms with Crippen LogP contribution >= 0.6 is 11.3 Å². The topological polar surface area (TPSA) is 56.2 Å². The molecule has 148 valence electrons. The Morgan fingerprint density at radius 2 is 2.07 bits per heavy atom. The normalized spacial score (nSPS) is 18.7. The van der Waals surface area contributed by atoms with E-state index in [-0.39, 0.29) is 13.2 Å². The van der Waals surface area contributed by atoms with Crippen molar-refractivity contribution in [1.29, 1.82) is 0 Å². The van der Waals surface area contributed by atoms with E-state index in [0.717, 1.165) is 50.5 Å². The number of piperazine rings is 1. The molecule has 1 aliphatic rings. The molecule has 1 fully saturated rings. The third-order valence-corrected chi connectivity index (χ3v) is 5.95. The fourth-order valence-electron chi connectivity index (χ4n) is 3.74. The smallest absolute Gasteiger partial charge is 0.124 e. The first-order valence-electron chi connectivity index (χ1n) is 9.68. The van der Waals surface area contributed by atoms with E-state index in [9.17, 15) is 10.2 Å². The molecule has 1 saturated heterocycles. The number of rotatable bonds is 9. The Morgan fingerprint density at radius 1 is 1.19 bits per heavy atom. The van der Waals surface area contributed by atoms with Crippen LogP contribution in [0.15, 0.2) is 35.7 Å². The van der Waals surface area contributed by atoms with Gasteiger partial charge in [0.15, 0.2) is 0 Å². The molecule has 0 saturated carbocycles. The Kier molecular flexibility index (Phi) is 7.67. The zero-order valence-corrected chi connectivity index (χ0v) is 16.8. The highest BCUT2D eigenvalue weighted by molar-refractivity contribution is 7.09. The summed E-state index contributed by atoms with van der Waals surface area (Å²) in [7, 11) is 0. The molecule has 6 heteroatoms. The molecular formula is C21H30N2O3S. The third kappa shape index (κ3) is 5.53. The number of nitrogens with zero attached hydrogens (tertiary/aromatic N) is 2. The van der Waals surface area contributed by atoms with Crippen LogP contribution in [-0.2, 0) is 19.7 Å². The van der Waals surface area contributed by atoms with Gasteiger partial charge >= 0.3 is 0 Å². The third-order valence-electron chi connectivity index (χ3n) is 5.09. The zero-order chi connectivity index (χ0) is 19.1. The summed E-state index contributed by atoms with van der Waals surface area (Å²) in [6, 6.07) is 10.7. The van der Waals surface area contributed by atoms with Crippen molar-refractivity contribution in [1.82, 2.24) is 9.80 Å². The summed E-state index contributed by atoms with van der Waals surface area (Å²) in [5, 5.41) is 21.2. The summed E-state index contributed by atoms with van der Waals surface area (Å²) in [5.74, 6) is 0.766. The first-order valence-corrected chi connectivity index (χ1v) is 10.6. The summed E-state index contributed by atoms with van der Waals surface area (Å²) < 4.78 is 5.58. The predicted molar refractivity (Wildman–Crippen MR) is 109 cm³/mol. The van der Waals surface area contributed by atoms with E-state index in [2.05, 4.69) is 33.4 Å². The van der Waals surface area contributed by atoms with Gasteiger partial charge in [0.2, 0.25) is 0 Å². The number of hydrogen-bond donors (Lipinski definition) is 2. The van der Waals surface area contributed by atoms with Crippen LogP contribution in [0.1, 0.15) is 29.3 Å². The van der Waals surface area contributed by atoms with E-state index in [1.807, 2.05) is 19.1 Å². The van der Waals surface area contributed by atoms with Crippen molar-refractivity contribution in [2.24, 2.45) is 0 Å². The van der Waals surface area contributed by atoms with Gasteiger partial charge < -0.3 is 14.9 Å². The number of ether oxygens (including phenoxy) is 1. The lowest BCUT2D eigenvalue weighted by Crippen LogP contribution is -2.52. The van der Waals surface area contributed by atoms with Gasteiger partial charge in [0.05, 0.1) is 13.2 Å². The summed E-state index contributed by atoms with van der Waals surface area (Å²) in [6.45, 7) is 7.55. The molecule has 0 amide bonds. The minimum atomic E-state index is -0.00903. The molecule has 2 N–H and O–H groups in total. The molecule has 0 radical (unpaired) electrons. The highest BCUT2D eigenvalue weighted by atomic mass is 32.1. The van der Waals surface area contributed by atoms with Crippen molar-refractivity contribution in [3.8, 4) is 5.75 Å². The summed E-state index contributed by atoms with van der Waals surface area (Å²) >= 11 is 1.80. The fourth-order valence-corrected chi connectivity index (χ4v) is 4.47. The summed E-state index contributed by atoms with van der Waals surface area (Å²) in [5.41, 5.74) is 2.04. The van der Waals surface area contributed by atoms with Crippen molar-refractivity contribution < 1.29 is 14.9 Å². The largest absolute Gasteiger partial charge is 0.494 e. The van der Waals surface area contributed by atoms with Crippen molar-refractivity contribution in [3.05, 3.63) is 51.7 Å². The molecule has 3 rings (SSSR count). The maximum Gasteiger partial charge on any atom is 0.124 e. The Morgan fingerprint density at radius 3 is 2.78 bits per heavy atom. The fraction of sp³-hybridized carbons (Fsp3) is 0.524. The van der Waals surface area contributed by atoms with Crippen molar-refractivity contribution >= 4 is 11.3 Å². The predicted octanol–water partition coefficient (Wildman–Crippen LogP) is 2.71. The maximum atomic E-state index is 9.62. The first-order chi connectivity index (χ1) is 13.2. The monoisotopic (exact) mass is 390 g/mol. The van der Waals surface area contributed by atoms with Gasteiger partial charge in [-0.2, -0.15) is 0 Å². The van der Waals surface area contributed by atoms with Gasteiger partial charge in [-0.05, 0) is 42.5 Å². The molecule has 0 spiro atoms. The van der Waals surface area contributed by atoms with Crippen molar-refractivity contribution in [2.45, 2.75) is 39.1 Å². The average Bonchev–Trinajstić information content (AvgIpc) is 3.18. The molecule has 2 aromatic rings. The van der Waals surface area contributed by atoms with Gasteiger partial charge in [0.1, 0.15) is 5.75 Å². The Bertz CT molecular complexity index is 693. The molecule has 5 nitrogen and oxygen atoms in total. The molecule has 0 bridgehead atoms. The molecule has 1 aromatic carbocycles. The van der Waals surface area contributed by atoms with E-state index in [1.54, 1.807) is 11.3 Å². The van der Waals surface area contributed by atoms with Gasteiger partial charge in [-0.25, -0.2) is 0 Å². The van der Waals surface area contributed by atoms with Crippen LogP contribution in [0.3, 0.4) is 0 Å². The minimum Gasteiger partial charge on any atom is -0.494 e. The molecule has 1 aliphatic heterocycles. The van der Waals surface area contributed by atoms with Gasteiger partial charge in [-0.3, -0.25) is 9.80 Å². The van der Waals surface area contributed by atoms with Crippen LogP contribution < -0.4 is 4.74 Å². The molecule has 1 aromatic heterocycles. The second kappa shape index (κ2) is 10.2. The van der Waals surface area contributed by atoms with Crippen LogP contribution in [0.5, 0.6) is 5.75 Å². The quantitative estimate of drug-likeness (QED) is 0.690. The van der Waals surface area contributed by atoms with Gasteiger partial charge in [0, 0.05) is 55.8 Å². The molecule has 0 aliphatic carbocycles. The van der Waals surface area contributed by atoms with Crippen LogP contribution in [0, 0.1) is 0 Å². The molecule has 0 unspecified atom stereocenters. The Hall–Kier alpha value is -1.44. The lowest BCUT2D eigenvalue weighted by Gasteiger charge is -2.41. The molecule has 2 heterocycles. The lowest BCUT2D eigenvalue weighted by molar-refractivity contribution is 0.0506. The van der Waals surface area contributed by atoms with Crippen LogP contribution in [0.2, 0.25) is 0 Å². The molecular weight excluding hydrogens is 360 g/mol. The Balaban J connectivity index is 1.63. The SMILES string of the molecule is CCOc1ccc(CN2CCN(Cc3cccs3)[C@H](CCO)C2)cc1CO. The van der Waals surface area contributed by atoms with E-state index in [4.69, 9.17) is 4.74 Å². The number of hydrogen-bond acceptors (Lipinski definition) is 6. The summed E-state index contributed by atoms with van der Waals surface area (Å²) in [4.78, 5) is 6.32. The average molecular weight is 391 g/mol. The van der Waals surface area contributed by atoms with E-state index < -0.39 is 0 Å². The lowest BCUT2D eigenvalue weighted by atomic mass is 10.1. The highest BCUT2D eigenvalue weighted by Gasteiger charge is 2.27. The van der Waals surface area contributed by atoms with Gasteiger partial charge in [-0.1, -0.05) is 12.1 Å². The minimum absolute atomic E-state index is 0.00903. The molecule has 27 heavy (non-hydrogen) atoms. The van der Waals surface area contributed by atoms with Gasteiger partial charge in [-0.15, -0.1) is 11.3 Å². The number of benzene rings is 1.